The molecule has 1 aromatic heterocycles. The minimum absolute atomic E-state index is 0.0779. The Kier molecular flexibility index (Phi) is 5.84. The summed E-state index contributed by atoms with van der Waals surface area (Å²) in [5, 5.41) is 8.77. The topological polar surface area (TPSA) is 40.5 Å². The molecule has 0 radical (unpaired) electrons. The molecular weight excluding hydrogens is 282 g/mol. The number of aryl methyl sites for hydroxylation is 1. The van der Waals surface area contributed by atoms with Gasteiger partial charge in [0.2, 0.25) is 0 Å². The Hall–Kier alpha value is -1.31. The normalized spacial score (nSPS) is 14.8. The van der Waals surface area contributed by atoms with Gasteiger partial charge in [-0.15, -0.1) is 11.3 Å². The number of hydrogen-bond acceptors (Lipinski definition) is 3. The van der Waals surface area contributed by atoms with Crippen molar-refractivity contribution in [3.05, 3.63) is 21.4 Å². The Morgan fingerprint density at radius 3 is 2.81 bits per heavy atom. The molecule has 0 aliphatic heterocycles. The van der Waals surface area contributed by atoms with Crippen molar-refractivity contribution < 1.29 is 9.90 Å². The van der Waals surface area contributed by atoms with Gasteiger partial charge in [0.25, 0.3) is 5.91 Å². The molecule has 21 heavy (non-hydrogen) atoms. The first-order valence-corrected chi connectivity index (χ1v) is 8.50. The van der Waals surface area contributed by atoms with Gasteiger partial charge in [0, 0.05) is 19.0 Å². The van der Waals surface area contributed by atoms with E-state index in [4.69, 9.17) is 5.11 Å². The number of thiophene rings is 1. The maximum absolute atomic E-state index is 12.7. The van der Waals surface area contributed by atoms with Crippen LogP contribution < -0.4 is 0 Å². The van der Waals surface area contributed by atoms with Crippen molar-refractivity contribution in [1.82, 2.24) is 4.90 Å². The maximum atomic E-state index is 12.7. The van der Waals surface area contributed by atoms with Crippen LogP contribution in [0.3, 0.4) is 0 Å². The van der Waals surface area contributed by atoms with E-state index in [0.717, 1.165) is 34.7 Å². The van der Waals surface area contributed by atoms with E-state index in [0.29, 0.717) is 12.5 Å². The number of nitrogens with zero attached hydrogens (tertiary/aromatic N) is 1. The fourth-order valence-corrected chi connectivity index (χ4v) is 3.84. The fourth-order valence-electron chi connectivity index (χ4n) is 2.84. The third-order valence-electron chi connectivity index (χ3n) is 3.93. The van der Waals surface area contributed by atoms with Gasteiger partial charge in [0.1, 0.15) is 0 Å². The molecule has 1 fully saturated rings. The molecule has 114 valence electrons. The number of amides is 1. The number of rotatable bonds is 4. The summed E-state index contributed by atoms with van der Waals surface area (Å²) in [5.41, 5.74) is 1.05. The van der Waals surface area contributed by atoms with Gasteiger partial charge in [-0.3, -0.25) is 4.79 Å². The summed E-state index contributed by atoms with van der Waals surface area (Å²) in [7, 11) is 0. The molecule has 1 aliphatic carbocycles. The monoisotopic (exact) mass is 305 g/mol. The lowest BCUT2D eigenvalue weighted by atomic mass is 10.2. The lowest BCUT2D eigenvalue weighted by molar-refractivity contribution is 0.0698. The molecule has 0 unspecified atom stereocenters. The highest BCUT2D eigenvalue weighted by Gasteiger charge is 2.27. The molecule has 1 aromatic rings. The average Bonchev–Trinajstić information content (AvgIpc) is 3.11. The summed E-state index contributed by atoms with van der Waals surface area (Å²) in [5.74, 6) is 6.13. The van der Waals surface area contributed by atoms with Crippen LogP contribution in [0, 0.1) is 18.8 Å². The molecule has 1 amide bonds. The van der Waals surface area contributed by atoms with Gasteiger partial charge in [-0.2, -0.15) is 0 Å². The van der Waals surface area contributed by atoms with E-state index >= 15 is 0 Å². The predicted octanol–water partition coefficient (Wildman–Crippen LogP) is 3.20. The maximum Gasteiger partial charge on any atom is 0.264 e. The molecule has 0 bridgehead atoms. The molecule has 0 atom stereocenters. The van der Waals surface area contributed by atoms with E-state index in [-0.39, 0.29) is 12.5 Å². The first-order valence-electron chi connectivity index (χ1n) is 7.68. The molecule has 0 spiro atoms. The zero-order valence-corrected chi connectivity index (χ0v) is 13.6. The summed E-state index contributed by atoms with van der Waals surface area (Å²) >= 11 is 1.47. The number of aliphatic hydroxyl groups excluding tert-OH is 1. The van der Waals surface area contributed by atoms with E-state index in [1.54, 1.807) is 0 Å². The quantitative estimate of drug-likeness (QED) is 0.868. The van der Waals surface area contributed by atoms with Crippen molar-refractivity contribution in [3.63, 3.8) is 0 Å². The van der Waals surface area contributed by atoms with E-state index in [1.165, 1.54) is 24.2 Å². The second kappa shape index (κ2) is 7.63. The third-order valence-corrected chi connectivity index (χ3v) is 5.07. The van der Waals surface area contributed by atoms with Crippen molar-refractivity contribution in [2.45, 2.75) is 52.0 Å². The van der Waals surface area contributed by atoms with Gasteiger partial charge >= 0.3 is 0 Å². The molecule has 0 saturated heterocycles. The van der Waals surface area contributed by atoms with Gasteiger partial charge in [-0.1, -0.05) is 24.7 Å². The van der Waals surface area contributed by atoms with Crippen LogP contribution in [0.4, 0.5) is 0 Å². The third kappa shape index (κ3) is 3.87. The largest absolute Gasteiger partial charge is 0.395 e. The SMILES string of the molecule is CCN(C(=O)c1cc(C)c(C#CCCO)s1)C1CCCC1. The van der Waals surface area contributed by atoms with E-state index in [1.807, 2.05) is 17.9 Å². The van der Waals surface area contributed by atoms with Crippen LogP contribution in [-0.4, -0.2) is 35.1 Å². The van der Waals surface area contributed by atoms with Gasteiger partial charge in [-0.25, -0.2) is 0 Å². The molecule has 1 aliphatic rings. The summed E-state index contributed by atoms with van der Waals surface area (Å²) < 4.78 is 0. The predicted molar refractivity (Wildman–Crippen MR) is 86.6 cm³/mol. The van der Waals surface area contributed by atoms with Crippen LogP contribution in [0.1, 0.15) is 59.1 Å². The summed E-state index contributed by atoms with van der Waals surface area (Å²) in [6, 6.07) is 2.36. The second-order valence-corrected chi connectivity index (χ2v) is 6.48. The van der Waals surface area contributed by atoms with Crippen molar-refractivity contribution in [2.75, 3.05) is 13.2 Å². The molecule has 3 nitrogen and oxygen atoms in total. The fraction of sp³-hybridized carbons (Fsp3) is 0.588. The number of hydrogen-bond donors (Lipinski definition) is 1. The molecule has 0 aromatic carbocycles. The molecule has 1 saturated carbocycles. The van der Waals surface area contributed by atoms with Crippen LogP contribution in [0.25, 0.3) is 0 Å². The Balaban J connectivity index is 2.15. The minimum Gasteiger partial charge on any atom is -0.395 e. The van der Waals surface area contributed by atoms with Gasteiger partial charge < -0.3 is 10.0 Å². The first kappa shape index (κ1) is 16.1. The number of carbonyl (C=O) groups excluding carboxylic acids is 1. The number of carbonyl (C=O) groups is 1. The van der Waals surface area contributed by atoms with Gasteiger partial charge in [-0.05, 0) is 38.3 Å². The second-order valence-electron chi connectivity index (χ2n) is 5.43. The molecule has 1 heterocycles. The lowest BCUT2D eigenvalue weighted by Gasteiger charge is -2.27. The summed E-state index contributed by atoms with van der Waals surface area (Å²) in [6.45, 7) is 4.89. The summed E-state index contributed by atoms with van der Waals surface area (Å²) in [6.07, 6.45) is 5.20. The van der Waals surface area contributed by atoms with Crippen molar-refractivity contribution in [2.24, 2.45) is 0 Å². The van der Waals surface area contributed by atoms with Crippen molar-refractivity contribution in [3.8, 4) is 11.8 Å². The van der Waals surface area contributed by atoms with E-state index in [9.17, 15) is 4.79 Å². The Morgan fingerprint density at radius 1 is 1.48 bits per heavy atom. The van der Waals surface area contributed by atoms with Crippen LogP contribution in [0.5, 0.6) is 0 Å². The Morgan fingerprint density at radius 2 is 2.19 bits per heavy atom. The van der Waals surface area contributed by atoms with Crippen molar-refractivity contribution >= 4 is 17.2 Å². The lowest BCUT2D eigenvalue weighted by Crippen LogP contribution is -2.38. The highest BCUT2D eigenvalue weighted by atomic mass is 32.1. The number of aliphatic hydroxyl groups is 1. The van der Waals surface area contributed by atoms with Crippen LogP contribution in [-0.2, 0) is 0 Å². The van der Waals surface area contributed by atoms with Gasteiger partial charge in [0.05, 0.1) is 16.4 Å². The Labute approximate surface area is 131 Å². The summed E-state index contributed by atoms with van der Waals surface area (Å²) in [4.78, 5) is 16.4. The molecular formula is C17H23NO2S. The smallest absolute Gasteiger partial charge is 0.264 e. The first-order chi connectivity index (χ1) is 10.2. The van der Waals surface area contributed by atoms with Crippen LogP contribution >= 0.6 is 11.3 Å². The Bertz CT molecular complexity index is 547. The zero-order valence-electron chi connectivity index (χ0n) is 12.8. The van der Waals surface area contributed by atoms with Crippen LogP contribution in [0.15, 0.2) is 6.07 Å². The zero-order chi connectivity index (χ0) is 15.2. The van der Waals surface area contributed by atoms with Gasteiger partial charge in [0.15, 0.2) is 0 Å². The molecule has 4 heteroatoms. The molecule has 1 N–H and O–H groups in total. The van der Waals surface area contributed by atoms with E-state index in [2.05, 4.69) is 18.8 Å². The van der Waals surface area contributed by atoms with E-state index < -0.39 is 0 Å². The highest BCUT2D eigenvalue weighted by molar-refractivity contribution is 7.14. The van der Waals surface area contributed by atoms with Crippen LogP contribution in [0.2, 0.25) is 0 Å². The van der Waals surface area contributed by atoms with Crippen molar-refractivity contribution in [1.29, 1.82) is 0 Å². The standard InChI is InChI=1S/C17H23NO2S/c1-3-18(14-8-4-5-9-14)17(20)16-12-13(2)15(21-16)10-6-7-11-19/h12,14,19H,3-5,7-9,11H2,1-2H3. The minimum atomic E-state index is 0.0779. The average molecular weight is 305 g/mol. The molecule has 2 rings (SSSR count). The highest BCUT2D eigenvalue weighted by Crippen LogP contribution is 2.28.